The Balaban J connectivity index is 2.06. The van der Waals surface area contributed by atoms with E-state index in [0.717, 1.165) is 35.4 Å². The van der Waals surface area contributed by atoms with Crippen molar-refractivity contribution in [1.29, 1.82) is 0 Å². The molecule has 0 fully saturated rings. The minimum absolute atomic E-state index is 0.705. The zero-order valence-electron chi connectivity index (χ0n) is 11.2. The molecule has 4 nitrogen and oxygen atoms in total. The molecule has 0 aliphatic carbocycles. The number of hydrogen-bond donors (Lipinski definition) is 1. The summed E-state index contributed by atoms with van der Waals surface area (Å²) < 4.78 is 1.85. The van der Waals surface area contributed by atoms with Gasteiger partial charge in [-0.3, -0.25) is 4.98 Å². The van der Waals surface area contributed by atoms with Crippen LogP contribution in [0.4, 0.5) is 0 Å². The van der Waals surface area contributed by atoms with Gasteiger partial charge in [-0.05, 0) is 36.9 Å². The van der Waals surface area contributed by atoms with Crippen molar-refractivity contribution in [2.75, 3.05) is 6.54 Å². The molecule has 0 radical (unpaired) electrons. The third-order valence-corrected chi connectivity index (χ3v) is 3.47. The number of nitrogens with zero attached hydrogens (tertiary/aromatic N) is 3. The summed E-state index contributed by atoms with van der Waals surface area (Å²) in [5.41, 5.74) is 2.80. The highest BCUT2D eigenvalue weighted by Gasteiger charge is 2.08. The van der Waals surface area contributed by atoms with Crippen LogP contribution in [-0.2, 0) is 6.54 Å². The lowest BCUT2D eigenvalue weighted by atomic mass is 10.2. The van der Waals surface area contributed by atoms with Crippen LogP contribution in [-0.4, -0.2) is 21.3 Å². The molecule has 3 aromatic rings. The molecule has 0 unspecified atom stereocenters. The third kappa shape index (κ3) is 2.40. The lowest BCUT2D eigenvalue weighted by Crippen LogP contribution is -2.12. The second kappa shape index (κ2) is 5.61. The molecular weight excluding hydrogens is 272 g/mol. The fraction of sp³-hybridized carbons (Fsp3) is 0.200. The molecule has 2 heterocycles. The van der Waals surface area contributed by atoms with Gasteiger partial charge in [0.15, 0.2) is 0 Å². The average molecular weight is 287 g/mol. The largest absolute Gasteiger partial charge is 0.311 e. The van der Waals surface area contributed by atoms with Gasteiger partial charge in [-0.1, -0.05) is 18.5 Å². The van der Waals surface area contributed by atoms with Gasteiger partial charge in [-0.25, -0.2) is 4.68 Å². The highest BCUT2D eigenvalue weighted by atomic mass is 35.5. The monoisotopic (exact) mass is 286 g/mol. The van der Waals surface area contributed by atoms with E-state index in [0.29, 0.717) is 5.02 Å². The summed E-state index contributed by atoms with van der Waals surface area (Å²) in [6.07, 6.45) is 3.72. The average Bonchev–Trinajstić information content (AvgIpc) is 2.94. The molecule has 0 bridgehead atoms. The maximum atomic E-state index is 6.21. The third-order valence-electron chi connectivity index (χ3n) is 3.14. The maximum Gasteiger partial charge on any atom is 0.0973 e. The molecule has 5 heteroatoms. The summed E-state index contributed by atoms with van der Waals surface area (Å²) in [6.45, 7) is 3.77. The minimum atomic E-state index is 0.705. The molecule has 0 aliphatic heterocycles. The van der Waals surface area contributed by atoms with Crippen LogP contribution in [0.15, 0.2) is 42.7 Å². The maximum absolute atomic E-state index is 6.21. The molecule has 1 N–H and O–H groups in total. The number of halogens is 1. The van der Waals surface area contributed by atoms with Gasteiger partial charge in [0.05, 0.1) is 21.9 Å². The van der Waals surface area contributed by atoms with E-state index in [1.165, 1.54) is 0 Å². The van der Waals surface area contributed by atoms with Crippen molar-refractivity contribution in [3.63, 3.8) is 0 Å². The van der Waals surface area contributed by atoms with Crippen LogP contribution in [0.25, 0.3) is 16.6 Å². The molecule has 20 heavy (non-hydrogen) atoms. The molecule has 1 aromatic carbocycles. The van der Waals surface area contributed by atoms with Crippen molar-refractivity contribution in [2.45, 2.75) is 13.5 Å². The van der Waals surface area contributed by atoms with E-state index in [9.17, 15) is 0 Å². The smallest absolute Gasteiger partial charge is 0.0973 e. The Hall–Kier alpha value is -1.91. The fourth-order valence-corrected chi connectivity index (χ4v) is 2.37. The minimum Gasteiger partial charge on any atom is -0.311 e. The predicted octanol–water partition coefficient (Wildman–Crippen LogP) is 3.18. The Labute approximate surface area is 122 Å². The van der Waals surface area contributed by atoms with Crippen molar-refractivity contribution in [1.82, 2.24) is 20.1 Å². The summed E-state index contributed by atoms with van der Waals surface area (Å²) in [7, 11) is 0. The SMILES string of the molecule is CCNCc1ccn(-c2ccc(Cl)c3cccnc23)n1. The Morgan fingerprint density at radius 1 is 1.25 bits per heavy atom. The molecule has 0 atom stereocenters. The number of pyridine rings is 1. The quantitative estimate of drug-likeness (QED) is 0.801. The second-order valence-corrected chi connectivity index (χ2v) is 4.91. The second-order valence-electron chi connectivity index (χ2n) is 4.50. The molecule has 0 saturated heterocycles. The van der Waals surface area contributed by atoms with Gasteiger partial charge in [-0.2, -0.15) is 5.10 Å². The first-order valence-corrected chi connectivity index (χ1v) is 6.96. The Kier molecular flexibility index (Phi) is 3.67. The van der Waals surface area contributed by atoms with Crippen LogP contribution in [0.3, 0.4) is 0 Å². The Morgan fingerprint density at radius 2 is 2.15 bits per heavy atom. The molecule has 0 amide bonds. The van der Waals surface area contributed by atoms with Crippen LogP contribution >= 0.6 is 11.6 Å². The number of fused-ring (bicyclic) bond motifs is 1. The summed E-state index contributed by atoms with van der Waals surface area (Å²) in [5.74, 6) is 0. The standard InChI is InChI=1S/C15H15ClN4/c1-2-17-10-11-7-9-20(19-11)14-6-5-13(16)12-4-3-8-18-15(12)14/h3-9,17H,2,10H2,1H3. The highest BCUT2D eigenvalue weighted by Crippen LogP contribution is 2.26. The van der Waals surface area contributed by atoms with E-state index >= 15 is 0 Å². The van der Waals surface area contributed by atoms with E-state index < -0.39 is 0 Å². The van der Waals surface area contributed by atoms with E-state index in [-0.39, 0.29) is 0 Å². The van der Waals surface area contributed by atoms with Gasteiger partial charge in [0.1, 0.15) is 0 Å². The lowest BCUT2D eigenvalue weighted by Gasteiger charge is -2.07. The zero-order valence-corrected chi connectivity index (χ0v) is 11.9. The number of rotatable bonds is 4. The van der Waals surface area contributed by atoms with Crippen molar-refractivity contribution in [3.05, 3.63) is 53.4 Å². The summed E-state index contributed by atoms with van der Waals surface area (Å²) >= 11 is 6.21. The van der Waals surface area contributed by atoms with Crippen LogP contribution in [0, 0.1) is 0 Å². The van der Waals surface area contributed by atoms with Gasteiger partial charge < -0.3 is 5.32 Å². The predicted molar refractivity (Wildman–Crippen MR) is 81.3 cm³/mol. The van der Waals surface area contributed by atoms with Gasteiger partial charge >= 0.3 is 0 Å². The van der Waals surface area contributed by atoms with Crippen LogP contribution in [0.1, 0.15) is 12.6 Å². The first-order valence-electron chi connectivity index (χ1n) is 6.58. The van der Waals surface area contributed by atoms with Crippen LogP contribution in [0.5, 0.6) is 0 Å². The normalized spacial score (nSPS) is 11.1. The highest BCUT2D eigenvalue weighted by molar-refractivity contribution is 6.35. The van der Waals surface area contributed by atoms with E-state index in [2.05, 4.69) is 22.3 Å². The molecular formula is C15H15ClN4. The van der Waals surface area contributed by atoms with Crippen LogP contribution in [0.2, 0.25) is 5.02 Å². The summed E-state index contributed by atoms with van der Waals surface area (Å²) in [5, 5.41) is 9.48. The van der Waals surface area contributed by atoms with Gasteiger partial charge in [-0.15, -0.1) is 0 Å². The van der Waals surface area contributed by atoms with Crippen molar-refractivity contribution < 1.29 is 0 Å². The van der Waals surface area contributed by atoms with Gasteiger partial charge in [0.25, 0.3) is 0 Å². The molecule has 3 rings (SSSR count). The fourth-order valence-electron chi connectivity index (χ4n) is 2.15. The van der Waals surface area contributed by atoms with Crippen molar-refractivity contribution in [2.24, 2.45) is 0 Å². The van der Waals surface area contributed by atoms with E-state index in [1.54, 1.807) is 6.20 Å². The number of benzene rings is 1. The first-order chi connectivity index (χ1) is 9.79. The first kappa shape index (κ1) is 13.1. The summed E-state index contributed by atoms with van der Waals surface area (Å²) in [4.78, 5) is 4.43. The summed E-state index contributed by atoms with van der Waals surface area (Å²) in [6, 6.07) is 9.69. The molecule has 0 saturated carbocycles. The van der Waals surface area contributed by atoms with Crippen molar-refractivity contribution >= 4 is 22.5 Å². The lowest BCUT2D eigenvalue weighted by molar-refractivity contribution is 0.697. The van der Waals surface area contributed by atoms with E-state index in [1.807, 2.05) is 41.2 Å². The van der Waals surface area contributed by atoms with Crippen molar-refractivity contribution in [3.8, 4) is 5.69 Å². The zero-order chi connectivity index (χ0) is 13.9. The number of hydrogen-bond acceptors (Lipinski definition) is 3. The number of aromatic nitrogens is 3. The van der Waals surface area contributed by atoms with Gasteiger partial charge in [0, 0.05) is 24.3 Å². The molecule has 0 aliphatic rings. The topological polar surface area (TPSA) is 42.7 Å². The van der Waals surface area contributed by atoms with E-state index in [4.69, 9.17) is 11.6 Å². The van der Waals surface area contributed by atoms with Crippen LogP contribution < -0.4 is 5.32 Å². The van der Waals surface area contributed by atoms with Gasteiger partial charge in [0.2, 0.25) is 0 Å². The molecule has 2 aromatic heterocycles. The molecule has 0 spiro atoms. The Morgan fingerprint density at radius 3 is 3.00 bits per heavy atom. The molecule has 102 valence electrons. The Bertz CT molecular complexity index is 736. The number of nitrogens with one attached hydrogen (secondary N) is 1.